The first kappa shape index (κ1) is 18.1. The Balaban J connectivity index is 0.00000208. The maximum Gasteiger partial charge on any atom is 0.127 e. The zero-order chi connectivity index (χ0) is 15.9. The van der Waals surface area contributed by atoms with E-state index in [4.69, 9.17) is 4.74 Å². The monoisotopic (exact) mass is 339 g/mol. The number of hydrogen-bond acceptors (Lipinski definition) is 1. The Labute approximate surface area is 149 Å². The number of quaternary nitrogens is 1. The van der Waals surface area contributed by atoms with Gasteiger partial charge >= 0.3 is 0 Å². The quantitative estimate of drug-likeness (QED) is 0.716. The Morgan fingerprint density at radius 2 is 1.25 bits per heavy atom. The molecule has 0 aliphatic heterocycles. The van der Waals surface area contributed by atoms with Crippen LogP contribution in [0.15, 0.2) is 84.9 Å². The van der Waals surface area contributed by atoms with Crippen molar-refractivity contribution in [1.82, 2.24) is 0 Å². The Morgan fingerprint density at radius 3 is 1.83 bits per heavy atom. The molecule has 124 valence electrons. The van der Waals surface area contributed by atoms with Crippen molar-refractivity contribution in [3.63, 3.8) is 0 Å². The van der Waals surface area contributed by atoms with Crippen LogP contribution in [0.5, 0.6) is 11.5 Å². The predicted molar refractivity (Wildman–Crippen MR) is 93.6 cm³/mol. The maximum atomic E-state index is 5.85. The van der Waals surface area contributed by atoms with Gasteiger partial charge in [-0.25, -0.2) is 0 Å². The van der Waals surface area contributed by atoms with Crippen molar-refractivity contribution < 1.29 is 22.9 Å². The fraction of sp³-hybridized carbons (Fsp3) is 0.143. The van der Waals surface area contributed by atoms with Gasteiger partial charge in [-0.2, -0.15) is 0 Å². The number of rotatable bonds is 6. The number of benzene rings is 3. The molecule has 0 aromatic heterocycles. The topological polar surface area (TPSA) is 36.9 Å². The van der Waals surface area contributed by atoms with Crippen molar-refractivity contribution in [2.75, 3.05) is 6.54 Å². The minimum absolute atomic E-state index is 0. The van der Waals surface area contributed by atoms with Crippen LogP contribution in [0.1, 0.15) is 17.0 Å². The van der Waals surface area contributed by atoms with Crippen molar-refractivity contribution in [2.24, 2.45) is 0 Å². The van der Waals surface area contributed by atoms with E-state index in [0.717, 1.165) is 24.5 Å². The third-order valence-corrected chi connectivity index (χ3v) is 4.00. The molecule has 0 heterocycles. The van der Waals surface area contributed by atoms with Crippen LogP contribution in [0.3, 0.4) is 0 Å². The lowest BCUT2D eigenvalue weighted by molar-refractivity contribution is -0.372. The van der Waals surface area contributed by atoms with Crippen LogP contribution < -0.4 is 22.9 Å². The normalized spacial score (nSPS) is 11.4. The lowest BCUT2D eigenvalue weighted by Crippen LogP contribution is -3.00. The Morgan fingerprint density at radius 1 is 0.708 bits per heavy atom. The highest BCUT2D eigenvalue weighted by Gasteiger charge is 2.12. The van der Waals surface area contributed by atoms with Gasteiger partial charge in [-0.15, -0.1) is 0 Å². The van der Waals surface area contributed by atoms with Gasteiger partial charge in [-0.05, 0) is 41.8 Å². The Hall–Kier alpha value is -2.29. The van der Waals surface area contributed by atoms with E-state index in [9.17, 15) is 0 Å². The summed E-state index contributed by atoms with van der Waals surface area (Å²) in [5.74, 6) is 2.16. The van der Waals surface area contributed by atoms with E-state index in [0.29, 0.717) is 5.92 Å². The van der Waals surface area contributed by atoms with Crippen LogP contribution in [0.4, 0.5) is 0 Å². The van der Waals surface area contributed by atoms with Crippen LogP contribution in [-0.2, 0) is 6.42 Å². The van der Waals surface area contributed by atoms with E-state index in [-0.39, 0.29) is 12.4 Å². The van der Waals surface area contributed by atoms with E-state index in [1.165, 1.54) is 11.1 Å². The summed E-state index contributed by atoms with van der Waals surface area (Å²) in [7, 11) is 0. The molecule has 3 aromatic rings. The standard InChI is InChI=1S/C21H21NO.ClH/c22-16-19(15-17-7-3-1-4-8-17)18-11-13-21(14-12-18)23-20-9-5-2-6-10-20;/h1-14,19H,15-16,22H2;1H. The van der Waals surface area contributed by atoms with E-state index in [1.807, 2.05) is 42.5 Å². The van der Waals surface area contributed by atoms with E-state index in [2.05, 4.69) is 48.2 Å². The molecule has 3 N–H and O–H groups in total. The molecule has 0 radical (unpaired) electrons. The lowest BCUT2D eigenvalue weighted by atomic mass is 9.92. The number of halogens is 1. The molecule has 0 aliphatic carbocycles. The van der Waals surface area contributed by atoms with Crippen LogP contribution in [0.25, 0.3) is 0 Å². The van der Waals surface area contributed by atoms with Gasteiger partial charge in [0.25, 0.3) is 0 Å². The second-order valence-corrected chi connectivity index (χ2v) is 5.66. The number of ether oxygens (including phenoxy) is 1. The first-order chi connectivity index (χ1) is 11.3. The summed E-state index contributed by atoms with van der Waals surface area (Å²) in [6.07, 6.45) is 1.02. The molecule has 1 atom stereocenters. The molecular weight excluding hydrogens is 318 g/mol. The Bertz CT molecular complexity index is 714. The smallest absolute Gasteiger partial charge is 0.127 e. The van der Waals surface area contributed by atoms with E-state index in [1.54, 1.807) is 0 Å². The lowest BCUT2D eigenvalue weighted by Gasteiger charge is -2.14. The average molecular weight is 340 g/mol. The molecule has 0 saturated carbocycles. The third kappa shape index (κ3) is 4.85. The van der Waals surface area contributed by atoms with Crippen molar-refractivity contribution in [2.45, 2.75) is 12.3 Å². The van der Waals surface area contributed by atoms with Gasteiger partial charge in [0, 0.05) is 5.92 Å². The summed E-state index contributed by atoms with van der Waals surface area (Å²) in [6, 6.07) is 28.8. The van der Waals surface area contributed by atoms with Gasteiger partial charge in [-0.1, -0.05) is 60.7 Å². The maximum absolute atomic E-state index is 5.85. The summed E-state index contributed by atoms with van der Waals surface area (Å²) in [5, 5.41) is 0. The molecule has 24 heavy (non-hydrogen) atoms. The zero-order valence-electron chi connectivity index (χ0n) is 13.6. The minimum Gasteiger partial charge on any atom is -1.00 e. The first-order valence-corrected chi connectivity index (χ1v) is 8.01. The van der Waals surface area contributed by atoms with Gasteiger partial charge in [0.05, 0.1) is 6.54 Å². The molecule has 2 nitrogen and oxygen atoms in total. The molecule has 0 bridgehead atoms. The Kier molecular flexibility index (Phi) is 6.86. The van der Waals surface area contributed by atoms with Crippen LogP contribution >= 0.6 is 0 Å². The second-order valence-electron chi connectivity index (χ2n) is 5.66. The number of para-hydroxylation sites is 1. The summed E-state index contributed by atoms with van der Waals surface area (Å²) in [5.41, 5.74) is 6.78. The molecule has 1 unspecified atom stereocenters. The molecule has 0 fully saturated rings. The zero-order valence-corrected chi connectivity index (χ0v) is 14.3. The molecule has 0 spiro atoms. The van der Waals surface area contributed by atoms with Crippen LogP contribution in [0.2, 0.25) is 0 Å². The van der Waals surface area contributed by atoms with Gasteiger partial charge in [-0.3, -0.25) is 0 Å². The van der Waals surface area contributed by atoms with Crippen molar-refractivity contribution >= 4 is 0 Å². The van der Waals surface area contributed by atoms with Gasteiger partial charge in [0.15, 0.2) is 0 Å². The predicted octanol–water partition coefficient (Wildman–Crippen LogP) is 1.05. The fourth-order valence-electron chi connectivity index (χ4n) is 2.72. The van der Waals surface area contributed by atoms with E-state index < -0.39 is 0 Å². The summed E-state index contributed by atoms with van der Waals surface area (Å²) in [6.45, 7) is 0.883. The van der Waals surface area contributed by atoms with E-state index >= 15 is 0 Å². The highest BCUT2D eigenvalue weighted by atomic mass is 35.5. The molecule has 3 aromatic carbocycles. The van der Waals surface area contributed by atoms with Gasteiger partial charge in [0.1, 0.15) is 11.5 Å². The fourth-order valence-corrected chi connectivity index (χ4v) is 2.72. The highest BCUT2D eigenvalue weighted by molar-refractivity contribution is 5.34. The molecule has 3 heteroatoms. The van der Waals surface area contributed by atoms with Gasteiger partial charge in [0.2, 0.25) is 0 Å². The highest BCUT2D eigenvalue weighted by Crippen LogP contribution is 2.25. The first-order valence-electron chi connectivity index (χ1n) is 8.01. The second kappa shape index (κ2) is 9.11. The molecule has 0 amide bonds. The number of hydrogen-bond donors (Lipinski definition) is 1. The summed E-state index contributed by atoms with van der Waals surface area (Å²) in [4.78, 5) is 0. The molecular formula is C21H22ClNO. The summed E-state index contributed by atoms with van der Waals surface area (Å²) >= 11 is 0. The largest absolute Gasteiger partial charge is 1.00 e. The van der Waals surface area contributed by atoms with Crippen molar-refractivity contribution in [1.29, 1.82) is 0 Å². The minimum atomic E-state index is 0. The van der Waals surface area contributed by atoms with Crippen LogP contribution in [0, 0.1) is 0 Å². The SMILES string of the molecule is [Cl-].[NH3+]CC(Cc1ccccc1)c1ccc(Oc2ccccc2)cc1. The molecule has 3 rings (SSSR count). The third-order valence-electron chi connectivity index (χ3n) is 4.00. The van der Waals surface area contributed by atoms with Crippen molar-refractivity contribution in [3.8, 4) is 11.5 Å². The molecule has 0 aliphatic rings. The van der Waals surface area contributed by atoms with Gasteiger partial charge < -0.3 is 22.9 Å². The summed E-state index contributed by atoms with van der Waals surface area (Å²) < 4.78 is 5.85. The van der Waals surface area contributed by atoms with Crippen molar-refractivity contribution in [3.05, 3.63) is 96.1 Å². The molecule has 0 saturated heterocycles. The van der Waals surface area contributed by atoms with Crippen LogP contribution in [-0.4, -0.2) is 6.54 Å². The average Bonchev–Trinajstić information content (AvgIpc) is 2.62.